The molecule has 0 aromatic heterocycles. The molecule has 0 aliphatic rings. The number of hydrogen-bond donors (Lipinski definition) is 1. The van der Waals surface area contributed by atoms with Crippen LogP contribution in [0.1, 0.15) is 38.2 Å². The van der Waals surface area contributed by atoms with E-state index in [1.807, 2.05) is 34.6 Å². The van der Waals surface area contributed by atoms with Gasteiger partial charge in [-0.05, 0) is 62.4 Å². The molecule has 0 atom stereocenters. The summed E-state index contributed by atoms with van der Waals surface area (Å²) in [5.41, 5.74) is 5.61. The molecule has 0 heterocycles. The number of rotatable bonds is 1. The largest absolute Gasteiger partial charge is 0.478 e. The number of hydrogen-bond acceptors (Lipinski definition) is 1. The second-order valence-electron chi connectivity index (χ2n) is 3.81. The molecule has 0 unspecified atom stereocenters. The monoisotopic (exact) mass is 306 g/mol. The SMILES string of the molecule is Cc1c(C)c(C)c(C(=O)O)c(C)c1C.[Cd]. The van der Waals surface area contributed by atoms with Crippen LogP contribution < -0.4 is 0 Å². The van der Waals surface area contributed by atoms with Crippen molar-refractivity contribution < 1.29 is 37.2 Å². The van der Waals surface area contributed by atoms with Crippen molar-refractivity contribution in [1.82, 2.24) is 0 Å². The van der Waals surface area contributed by atoms with Gasteiger partial charge in [0.2, 0.25) is 0 Å². The van der Waals surface area contributed by atoms with Gasteiger partial charge in [0.15, 0.2) is 0 Å². The quantitative estimate of drug-likeness (QED) is 0.810. The number of benzene rings is 1. The first kappa shape index (κ1) is 14.6. The Bertz CT molecular complexity index is 380. The first-order valence-electron chi connectivity index (χ1n) is 4.68. The third-order valence-corrected chi connectivity index (χ3v) is 3.21. The minimum Gasteiger partial charge on any atom is -0.478 e. The zero-order chi connectivity index (χ0) is 11.0. The molecule has 0 saturated heterocycles. The molecule has 0 aliphatic heterocycles. The molecule has 0 bridgehead atoms. The van der Waals surface area contributed by atoms with Crippen molar-refractivity contribution in [3.8, 4) is 0 Å². The standard InChI is InChI=1S/C12H16O2.Cd/c1-6-7(2)9(4)11(12(13)14)10(5)8(6)3;/h1-5H3,(H,13,14);. The summed E-state index contributed by atoms with van der Waals surface area (Å²) >= 11 is 0. The Hall–Kier alpha value is -0.388. The van der Waals surface area contributed by atoms with Crippen LogP contribution in [0.4, 0.5) is 0 Å². The maximum atomic E-state index is 11.1. The molecule has 0 amide bonds. The van der Waals surface area contributed by atoms with Gasteiger partial charge in [-0.2, -0.15) is 0 Å². The van der Waals surface area contributed by atoms with Crippen molar-refractivity contribution >= 4 is 5.97 Å². The Morgan fingerprint density at radius 3 is 1.33 bits per heavy atom. The molecule has 1 rings (SSSR count). The second kappa shape index (κ2) is 5.10. The first-order valence-corrected chi connectivity index (χ1v) is 4.68. The van der Waals surface area contributed by atoms with E-state index in [9.17, 15) is 4.79 Å². The van der Waals surface area contributed by atoms with Crippen molar-refractivity contribution in [2.45, 2.75) is 34.6 Å². The summed E-state index contributed by atoms with van der Waals surface area (Å²) in [5.74, 6) is -0.828. The van der Waals surface area contributed by atoms with Crippen LogP contribution in [0, 0.1) is 34.6 Å². The predicted octanol–water partition coefficient (Wildman–Crippen LogP) is 2.92. The summed E-state index contributed by atoms with van der Waals surface area (Å²) in [6.07, 6.45) is 0. The van der Waals surface area contributed by atoms with Crippen molar-refractivity contribution in [3.63, 3.8) is 0 Å². The second-order valence-corrected chi connectivity index (χ2v) is 3.81. The Balaban J connectivity index is 0.00000196. The van der Waals surface area contributed by atoms with E-state index in [4.69, 9.17) is 5.11 Å². The maximum Gasteiger partial charge on any atom is 0.336 e. The average Bonchev–Trinajstić information content (AvgIpc) is 2.11. The maximum absolute atomic E-state index is 11.1. The minimum absolute atomic E-state index is 0. The van der Waals surface area contributed by atoms with Crippen molar-refractivity contribution in [2.24, 2.45) is 0 Å². The molecular formula is C12H16CdO2. The van der Waals surface area contributed by atoms with E-state index in [1.165, 1.54) is 5.56 Å². The zero-order valence-electron chi connectivity index (χ0n) is 10.1. The summed E-state index contributed by atoms with van der Waals surface area (Å²) in [4.78, 5) is 11.1. The van der Waals surface area contributed by atoms with E-state index in [0.717, 1.165) is 22.3 Å². The van der Waals surface area contributed by atoms with Gasteiger partial charge in [0.25, 0.3) is 0 Å². The summed E-state index contributed by atoms with van der Waals surface area (Å²) in [6.45, 7) is 9.74. The van der Waals surface area contributed by atoms with Gasteiger partial charge in [-0.15, -0.1) is 0 Å². The van der Waals surface area contributed by atoms with E-state index in [0.29, 0.717) is 5.56 Å². The van der Waals surface area contributed by atoms with Gasteiger partial charge in [-0.1, -0.05) is 0 Å². The van der Waals surface area contributed by atoms with Gasteiger partial charge >= 0.3 is 5.97 Å². The van der Waals surface area contributed by atoms with Crippen LogP contribution in [0.3, 0.4) is 0 Å². The Morgan fingerprint density at radius 1 is 0.800 bits per heavy atom. The number of aromatic carboxylic acids is 1. The molecule has 78 valence electrons. The first-order chi connectivity index (χ1) is 6.37. The van der Waals surface area contributed by atoms with Crippen LogP contribution in [-0.4, -0.2) is 11.1 Å². The average molecular weight is 305 g/mol. The van der Waals surface area contributed by atoms with Gasteiger partial charge in [-0.3, -0.25) is 0 Å². The number of carbonyl (C=O) groups is 1. The topological polar surface area (TPSA) is 37.3 Å². The number of carboxylic acid groups (broad SMARTS) is 1. The molecule has 15 heavy (non-hydrogen) atoms. The predicted molar refractivity (Wildman–Crippen MR) is 57.1 cm³/mol. The van der Waals surface area contributed by atoms with Crippen LogP contribution in [0.2, 0.25) is 0 Å². The third-order valence-electron chi connectivity index (χ3n) is 3.21. The molecule has 0 radical (unpaired) electrons. The molecule has 0 fully saturated rings. The zero-order valence-corrected chi connectivity index (χ0v) is 14.1. The van der Waals surface area contributed by atoms with Crippen molar-refractivity contribution in [3.05, 3.63) is 33.4 Å². The summed E-state index contributed by atoms with van der Waals surface area (Å²) in [7, 11) is 0. The van der Waals surface area contributed by atoms with Gasteiger partial charge in [-0.25, -0.2) is 4.79 Å². The minimum atomic E-state index is -0.828. The summed E-state index contributed by atoms with van der Waals surface area (Å²) < 4.78 is 0. The van der Waals surface area contributed by atoms with E-state index in [-0.39, 0.29) is 27.3 Å². The fraction of sp³-hybridized carbons (Fsp3) is 0.417. The van der Waals surface area contributed by atoms with Gasteiger partial charge in [0.05, 0.1) is 5.56 Å². The normalized spacial score (nSPS) is 9.67. The van der Waals surface area contributed by atoms with E-state index < -0.39 is 5.97 Å². The van der Waals surface area contributed by atoms with E-state index in [2.05, 4.69) is 0 Å². The van der Waals surface area contributed by atoms with Crippen LogP contribution in [0.15, 0.2) is 0 Å². The molecule has 3 heteroatoms. The van der Waals surface area contributed by atoms with E-state index >= 15 is 0 Å². The van der Waals surface area contributed by atoms with Gasteiger partial charge in [0, 0.05) is 27.3 Å². The fourth-order valence-electron chi connectivity index (χ4n) is 1.82. The summed E-state index contributed by atoms with van der Waals surface area (Å²) in [6, 6.07) is 0. The Kier molecular flexibility index (Phi) is 4.96. The molecule has 0 spiro atoms. The van der Waals surface area contributed by atoms with Crippen molar-refractivity contribution in [2.75, 3.05) is 0 Å². The van der Waals surface area contributed by atoms with Gasteiger partial charge < -0.3 is 5.11 Å². The number of carboxylic acids is 1. The fourth-order valence-corrected chi connectivity index (χ4v) is 1.82. The molecule has 0 aliphatic carbocycles. The van der Waals surface area contributed by atoms with E-state index in [1.54, 1.807) is 0 Å². The molecule has 1 aromatic rings. The molecule has 2 nitrogen and oxygen atoms in total. The molecular weight excluding hydrogens is 289 g/mol. The van der Waals surface area contributed by atoms with Gasteiger partial charge in [0.1, 0.15) is 0 Å². The molecule has 1 N–H and O–H groups in total. The van der Waals surface area contributed by atoms with Crippen LogP contribution in [0.25, 0.3) is 0 Å². The van der Waals surface area contributed by atoms with Crippen molar-refractivity contribution in [1.29, 1.82) is 0 Å². The smallest absolute Gasteiger partial charge is 0.336 e. The Morgan fingerprint density at radius 2 is 1.07 bits per heavy atom. The third kappa shape index (κ3) is 2.41. The molecule has 1 aromatic carbocycles. The van der Waals surface area contributed by atoms with Crippen LogP contribution in [-0.2, 0) is 27.3 Å². The Labute approximate surface area is 111 Å². The van der Waals surface area contributed by atoms with Crippen LogP contribution >= 0.6 is 0 Å². The summed E-state index contributed by atoms with van der Waals surface area (Å²) in [5, 5.41) is 9.09. The van der Waals surface area contributed by atoms with Crippen LogP contribution in [0.5, 0.6) is 0 Å². The molecule has 0 saturated carbocycles.